The Bertz CT molecular complexity index is 308. The van der Waals surface area contributed by atoms with Gasteiger partial charge in [0.1, 0.15) is 0 Å². The Hall–Kier alpha value is -1.42. The van der Waals surface area contributed by atoms with Gasteiger partial charge in [0.2, 0.25) is 0 Å². The Labute approximate surface area is 83.0 Å². The molecule has 0 spiro atoms. The molecule has 0 aliphatic heterocycles. The zero-order chi connectivity index (χ0) is 10.6. The lowest BCUT2D eigenvalue weighted by molar-refractivity contribution is 0.0922. The fourth-order valence-electron chi connectivity index (χ4n) is 0.955. The minimum atomic E-state index is -0.233. The highest BCUT2D eigenvalue weighted by Gasteiger charge is 2.08. The molecule has 1 rings (SSSR count). The molecule has 1 heterocycles. The molecule has 14 heavy (non-hydrogen) atoms. The molecule has 0 radical (unpaired) electrons. The summed E-state index contributed by atoms with van der Waals surface area (Å²) < 4.78 is 0. The van der Waals surface area contributed by atoms with Crippen molar-refractivity contribution in [2.24, 2.45) is 0 Å². The Morgan fingerprint density at radius 1 is 1.64 bits per heavy atom. The van der Waals surface area contributed by atoms with Crippen molar-refractivity contribution in [3.8, 4) is 0 Å². The van der Waals surface area contributed by atoms with Crippen LogP contribution in [0.4, 0.5) is 0 Å². The maximum Gasteiger partial charge on any atom is 0.253 e. The normalized spacial score (nSPS) is 12.2. The number of aliphatic hydroxyl groups is 1. The average molecular weight is 194 g/mol. The third-order valence-corrected chi connectivity index (χ3v) is 1.82. The van der Waals surface area contributed by atoms with Gasteiger partial charge in [-0.1, -0.05) is 0 Å². The van der Waals surface area contributed by atoms with Crippen LogP contribution in [0.2, 0.25) is 0 Å². The first-order valence-corrected chi connectivity index (χ1v) is 4.48. The van der Waals surface area contributed by atoms with Crippen molar-refractivity contribution in [2.75, 3.05) is 6.61 Å². The van der Waals surface area contributed by atoms with E-state index < -0.39 is 0 Å². The number of nitrogens with zero attached hydrogens (tertiary/aromatic N) is 1. The van der Waals surface area contributed by atoms with Crippen LogP contribution in [0, 0.1) is 6.92 Å². The van der Waals surface area contributed by atoms with E-state index in [0.29, 0.717) is 5.56 Å². The van der Waals surface area contributed by atoms with E-state index in [-0.39, 0.29) is 18.6 Å². The first kappa shape index (κ1) is 10.7. The quantitative estimate of drug-likeness (QED) is 0.736. The van der Waals surface area contributed by atoms with Crippen molar-refractivity contribution in [3.63, 3.8) is 0 Å². The lowest BCUT2D eigenvalue weighted by Gasteiger charge is -2.10. The van der Waals surface area contributed by atoms with Gasteiger partial charge < -0.3 is 10.4 Å². The van der Waals surface area contributed by atoms with Crippen LogP contribution in [0.1, 0.15) is 23.0 Å². The van der Waals surface area contributed by atoms with E-state index in [0.717, 1.165) is 5.69 Å². The van der Waals surface area contributed by atoms with Crippen molar-refractivity contribution in [1.82, 2.24) is 10.3 Å². The number of aryl methyl sites for hydroxylation is 1. The first-order valence-electron chi connectivity index (χ1n) is 4.48. The molecule has 0 aliphatic carbocycles. The molecule has 0 bridgehead atoms. The molecular weight excluding hydrogens is 180 g/mol. The van der Waals surface area contributed by atoms with E-state index in [1.54, 1.807) is 19.1 Å². The fourth-order valence-corrected chi connectivity index (χ4v) is 0.955. The van der Waals surface area contributed by atoms with Gasteiger partial charge in [0.15, 0.2) is 0 Å². The molecule has 4 heteroatoms. The van der Waals surface area contributed by atoms with E-state index in [9.17, 15) is 4.79 Å². The van der Waals surface area contributed by atoms with Gasteiger partial charge in [0.05, 0.1) is 12.2 Å². The molecule has 4 nitrogen and oxygen atoms in total. The second-order valence-corrected chi connectivity index (χ2v) is 3.25. The number of pyridine rings is 1. The summed E-state index contributed by atoms with van der Waals surface area (Å²) in [5, 5.41) is 11.4. The molecule has 1 aromatic heterocycles. The van der Waals surface area contributed by atoms with Crippen LogP contribution in [0.5, 0.6) is 0 Å². The van der Waals surface area contributed by atoms with Crippen molar-refractivity contribution < 1.29 is 9.90 Å². The number of aromatic nitrogens is 1. The van der Waals surface area contributed by atoms with E-state index >= 15 is 0 Å². The SMILES string of the molecule is Cc1ccc(C(=O)N[C@H](C)CO)cn1. The minimum absolute atomic E-state index is 0.0645. The monoisotopic (exact) mass is 194 g/mol. The smallest absolute Gasteiger partial charge is 0.253 e. The van der Waals surface area contributed by atoms with Crippen LogP contribution in [-0.4, -0.2) is 28.6 Å². The molecule has 0 aromatic carbocycles. The number of rotatable bonds is 3. The Morgan fingerprint density at radius 3 is 2.86 bits per heavy atom. The minimum Gasteiger partial charge on any atom is -0.394 e. The lowest BCUT2D eigenvalue weighted by atomic mass is 10.2. The molecule has 0 saturated carbocycles. The number of carbonyl (C=O) groups excluding carboxylic acids is 1. The molecular formula is C10H14N2O2. The Morgan fingerprint density at radius 2 is 2.36 bits per heavy atom. The molecule has 0 aliphatic rings. The fraction of sp³-hybridized carbons (Fsp3) is 0.400. The molecule has 0 unspecified atom stereocenters. The summed E-state index contributed by atoms with van der Waals surface area (Å²) in [6, 6.07) is 3.25. The third kappa shape index (κ3) is 2.81. The van der Waals surface area contributed by atoms with Gasteiger partial charge in [-0.3, -0.25) is 9.78 Å². The van der Waals surface area contributed by atoms with Gasteiger partial charge in [-0.2, -0.15) is 0 Å². The summed E-state index contributed by atoms with van der Waals surface area (Å²) >= 11 is 0. The predicted molar refractivity (Wildman–Crippen MR) is 53.0 cm³/mol. The lowest BCUT2D eigenvalue weighted by Crippen LogP contribution is -2.35. The van der Waals surface area contributed by atoms with E-state index in [4.69, 9.17) is 5.11 Å². The maximum atomic E-state index is 11.5. The number of hydrogen-bond donors (Lipinski definition) is 2. The highest BCUT2D eigenvalue weighted by molar-refractivity contribution is 5.94. The zero-order valence-electron chi connectivity index (χ0n) is 8.32. The Balaban J connectivity index is 2.65. The first-order chi connectivity index (χ1) is 6.63. The van der Waals surface area contributed by atoms with Crippen molar-refractivity contribution in [1.29, 1.82) is 0 Å². The van der Waals surface area contributed by atoms with Crippen LogP contribution in [0.15, 0.2) is 18.3 Å². The summed E-state index contributed by atoms with van der Waals surface area (Å²) in [4.78, 5) is 15.5. The van der Waals surface area contributed by atoms with Gasteiger partial charge in [-0.05, 0) is 26.0 Å². The van der Waals surface area contributed by atoms with Gasteiger partial charge in [-0.15, -0.1) is 0 Å². The van der Waals surface area contributed by atoms with Crippen molar-refractivity contribution in [3.05, 3.63) is 29.6 Å². The summed E-state index contributed by atoms with van der Waals surface area (Å²) in [6.07, 6.45) is 1.52. The molecule has 2 N–H and O–H groups in total. The molecule has 1 amide bonds. The van der Waals surface area contributed by atoms with Crippen molar-refractivity contribution in [2.45, 2.75) is 19.9 Å². The van der Waals surface area contributed by atoms with E-state index in [1.807, 2.05) is 6.92 Å². The van der Waals surface area contributed by atoms with Crippen molar-refractivity contribution >= 4 is 5.91 Å². The van der Waals surface area contributed by atoms with Gasteiger partial charge in [0.25, 0.3) is 5.91 Å². The summed E-state index contributed by atoms with van der Waals surface area (Å²) in [5.74, 6) is -0.209. The molecule has 1 atom stereocenters. The van der Waals surface area contributed by atoms with Crippen LogP contribution in [0.25, 0.3) is 0 Å². The van der Waals surface area contributed by atoms with Crippen LogP contribution in [-0.2, 0) is 0 Å². The highest BCUT2D eigenvalue weighted by Crippen LogP contribution is 1.99. The van der Waals surface area contributed by atoms with E-state index in [1.165, 1.54) is 6.20 Å². The standard InChI is InChI=1S/C10H14N2O2/c1-7-3-4-9(5-11-7)10(14)12-8(2)6-13/h3-5,8,13H,6H2,1-2H3,(H,12,14)/t8-/m1/s1. The molecule has 0 fully saturated rings. The second-order valence-electron chi connectivity index (χ2n) is 3.25. The number of nitrogens with one attached hydrogen (secondary N) is 1. The van der Waals surface area contributed by atoms with Crippen LogP contribution < -0.4 is 5.32 Å². The number of carbonyl (C=O) groups is 1. The largest absolute Gasteiger partial charge is 0.394 e. The summed E-state index contributed by atoms with van der Waals surface area (Å²) in [7, 11) is 0. The van der Waals surface area contributed by atoms with Gasteiger partial charge in [-0.25, -0.2) is 0 Å². The number of hydrogen-bond acceptors (Lipinski definition) is 3. The third-order valence-electron chi connectivity index (χ3n) is 1.82. The topological polar surface area (TPSA) is 62.2 Å². The summed E-state index contributed by atoms with van der Waals surface area (Å²) in [6.45, 7) is 3.53. The zero-order valence-corrected chi connectivity index (χ0v) is 8.32. The number of amides is 1. The van der Waals surface area contributed by atoms with Gasteiger partial charge in [0, 0.05) is 17.9 Å². The molecule has 76 valence electrons. The second kappa shape index (κ2) is 4.72. The average Bonchev–Trinajstić information content (AvgIpc) is 2.18. The van der Waals surface area contributed by atoms with E-state index in [2.05, 4.69) is 10.3 Å². The maximum absolute atomic E-state index is 11.5. The number of aliphatic hydroxyl groups excluding tert-OH is 1. The summed E-state index contributed by atoms with van der Waals surface area (Å²) in [5.41, 5.74) is 1.38. The molecule has 0 saturated heterocycles. The van der Waals surface area contributed by atoms with Crippen LogP contribution in [0.3, 0.4) is 0 Å². The van der Waals surface area contributed by atoms with Crippen LogP contribution >= 0.6 is 0 Å². The predicted octanol–water partition coefficient (Wildman–Crippen LogP) is 0.501. The Kier molecular flexibility index (Phi) is 3.59. The molecule has 1 aromatic rings. The highest BCUT2D eigenvalue weighted by atomic mass is 16.3. The van der Waals surface area contributed by atoms with Gasteiger partial charge >= 0.3 is 0 Å².